The predicted molar refractivity (Wildman–Crippen MR) is 94.7 cm³/mol. The molecule has 4 heteroatoms. The van der Waals surface area contributed by atoms with Crippen LogP contribution in [-0.4, -0.2) is 5.91 Å². The van der Waals surface area contributed by atoms with Gasteiger partial charge in [-0.15, -0.1) is 0 Å². The molecule has 3 aromatic rings. The van der Waals surface area contributed by atoms with Gasteiger partial charge in [0.05, 0.1) is 0 Å². The van der Waals surface area contributed by atoms with Crippen LogP contribution >= 0.6 is 0 Å². The zero-order valence-corrected chi connectivity index (χ0v) is 13.7. The number of carbonyl (C=O) groups excluding carboxylic acids is 1. The van der Waals surface area contributed by atoms with Crippen molar-refractivity contribution in [1.82, 2.24) is 0 Å². The summed E-state index contributed by atoms with van der Waals surface area (Å²) >= 11 is 0. The fraction of sp³-hybridized carbons (Fsp3) is 0.200. The number of nitrogens with two attached hydrogens (primary N) is 1. The average molecular weight is 321 g/mol. The average Bonchev–Trinajstić information content (AvgIpc) is 2.54. The Balaban J connectivity index is 2.14. The Hall–Kier alpha value is -2.88. The molecular formula is C20H19NO3. The maximum atomic E-state index is 12.0. The lowest BCUT2D eigenvalue weighted by atomic mass is 9.95. The minimum Gasteiger partial charge on any atom is -0.423 e. The molecule has 0 spiro atoms. The molecule has 2 N–H and O–H groups in total. The molecule has 3 rings (SSSR count). The van der Waals surface area contributed by atoms with Crippen LogP contribution in [0.5, 0.6) is 0 Å². The van der Waals surface area contributed by atoms with E-state index in [1.165, 1.54) is 6.07 Å². The van der Waals surface area contributed by atoms with Crippen LogP contribution in [0, 0.1) is 12.8 Å². The van der Waals surface area contributed by atoms with Crippen LogP contribution in [-0.2, 0) is 11.2 Å². The first-order chi connectivity index (χ1) is 11.5. The van der Waals surface area contributed by atoms with Gasteiger partial charge in [0.2, 0.25) is 5.91 Å². The number of amides is 1. The molecule has 1 amide bonds. The van der Waals surface area contributed by atoms with E-state index in [0.717, 1.165) is 27.6 Å². The number of hydrogen-bond acceptors (Lipinski definition) is 3. The Morgan fingerprint density at radius 2 is 1.88 bits per heavy atom. The van der Waals surface area contributed by atoms with Crippen LogP contribution in [0.4, 0.5) is 0 Å². The summed E-state index contributed by atoms with van der Waals surface area (Å²) in [6.07, 6.45) is 0.517. The van der Waals surface area contributed by atoms with Gasteiger partial charge in [-0.25, -0.2) is 4.79 Å². The first-order valence-corrected chi connectivity index (χ1v) is 7.88. The minimum absolute atomic E-state index is 0.270. The number of rotatable bonds is 4. The molecule has 4 nitrogen and oxygen atoms in total. The van der Waals surface area contributed by atoms with E-state index in [2.05, 4.69) is 0 Å². The fourth-order valence-electron chi connectivity index (χ4n) is 2.89. The molecule has 0 saturated heterocycles. The van der Waals surface area contributed by atoms with Gasteiger partial charge in [0, 0.05) is 22.9 Å². The molecule has 1 aromatic heterocycles. The van der Waals surface area contributed by atoms with Crippen LogP contribution in [0.1, 0.15) is 18.1 Å². The Kier molecular flexibility index (Phi) is 4.21. The lowest BCUT2D eigenvalue weighted by Gasteiger charge is -2.11. The fourth-order valence-corrected chi connectivity index (χ4v) is 2.89. The standard InChI is InChI=1S/C20H19NO3/c1-12-5-3-4-6-15(12)17-11-19(22)24-18-10-14(7-8-16(17)18)9-13(2)20(21)23/h3-8,10-11,13H,9H2,1-2H3,(H2,21,23). The highest BCUT2D eigenvalue weighted by Gasteiger charge is 2.13. The molecule has 0 aliphatic rings. The highest BCUT2D eigenvalue weighted by Crippen LogP contribution is 2.30. The van der Waals surface area contributed by atoms with Gasteiger partial charge >= 0.3 is 5.63 Å². The molecule has 1 heterocycles. The molecule has 0 aliphatic carbocycles. The summed E-state index contributed by atoms with van der Waals surface area (Å²) in [6.45, 7) is 3.80. The highest BCUT2D eigenvalue weighted by molar-refractivity contribution is 5.94. The van der Waals surface area contributed by atoms with Crippen LogP contribution in [0.2, 0.25) is 0 Å². The molecule has 0 aliphatic heterocycles. The molecule has 1 atom stereocenters. The summed E-state index contributed by atoms with van der Waals surface area (Å²) < 4.78 is 5.37. The predicted octanol–water partition coefficient (Wildman–Crippen LogP) is 3.43. The van der Waals surface area contributed by atoms with E-state index in [9.17, 15) is 9.59 Å². The Labute approximate surface area is 139 Å². The van der Waals surface area contributed by atoms with Crippen LogP contribution in [0.3, 0.4) is 0 Å². The monoisotopic (exact) mass is 321 g/mol. The van der Waals surface area contributed by atoms with Gasteiger partial charge in [-0.1, -0.05) is 43.3 Å². The van der Waals surface area contributed by atoms with Crippen LogP contribution in [0.15, 0.2) is 57.7 Å². The van der Waals surface area contributed by atoms with Crippen LogP contribution < -0.4 is 11.4 Å². The van der Waals surface area contributed by atoms with Crippen molar-refractivity contribution >= 4 is 16.9 Å². The SMILES string of the molecule is Cc1ccccc1-c1cc(=O)oc2cc(CC(C)C(N)=O)ccc12. The topological polar surface area (TPSA) is 73.3 Å². The number of hydrogen-bond donors (Lipinski definition) is 1. The van der Waals surface area contributed by atoms with Gasteiger partial charge in [-0.05, 0) is 36.1 Å². The van der Waals surface area contributed by atoms with Crippen molar-refractivity contribution in [3.05, 3.63) is 70.1 Å². The highest BCUT2D eigenvalue weighted by atomic mass is 16.4. The first kappa shape index (κ1) is 16.0. The maximum absolute atomic E-state index is 12.0. The van der Waals surface area contributed by atoms with Gasteiger partial charge in [0.15, 0.2) is 0 Å². The van der Waals surface area contributed by atoms with Gasteiger partial charge in [0.1, 0.15) is 5.58 Å². The summed E-state index contributed by atoms with van der Waals surface area (Å²) in [5.41, 5.74) is 9.33. The van der Waals surface area contributed by atoms with E-state index in [0.29, 0.717) is 12.0 Å². The summed E-state index contributed by atoms with van der Waals surface area (Å²) in [5, 5.41) is 0.874. The normalized spacial score (nSPS) is 12.2. The van der Waals surface area contributed by atoms with Gasteiger partial charge in [-0.3, -0.25) is 4.79 Å². The molecule has 2 aromatic carbocycles. The van der Waals surface area contributed by atoms with E-state index in [1.807, 2.05) is 49.4 Å². The first-order valence-electron chi connectivity index (χ1n) is 7.88. The second kappa shape index (κ2) is 6.32. The lowest BCUT2D eigenvalue weighted by molar-refractivity contribution is -0.121. The van der Waals surface area contributed by atoms with Crippen molar-refractivity contribution in [2.24, 2.45) is 11.7 Å². The van der Waals surface area contributed by atoms with Crippen LogP contribution in [0.25, 0.3) is 22.1 Å². The third-order valence-electron chi connectivity index (χ3n) is 4.27. The smallest absolute Gasteiger partial charge is 0.336 e. The second-order valence-electron chi connectivity index (χ2n) is 6.13. The van der Waals surface area contributed by atoms with Crippen molar-refractivity contribution < 1.29 is 9.21 Å². The quantitative estimate of drug-likeness (QED) is 0.748. The van der Waals surface area contributed by atoms with E-state index in [4.69, 9.17) is 10.2 Å². The number of benzene rings is 2. The number of aryl methyl sites for hydroxylation is 1. The van der Waals surface area contributed by atoms with E-state index < -0.39 is 0 Å². The largest absolute Gasteiger partial charge is 0.423 e. The summed E-state index contributed by atoms with van der Waals surface area (Å²) in [5.74, 6) is -0.612. The van der Waals surface area contributed by atoms with E-state index in [1.54, 1.807) is 6.92 Å². The van der Waals surface area contributed by atoms with Gasteiger partial charge in [0.25, 0.3) is 0 Å². The molecule has 122 valence electrons. The van der Waals surface area contributed by atoms with E-state index in [-0.39, 0.29) is 17.5 Å². The van der Waals surface area contributed by atoms with Crippen molar-refractivity contribution in [2.75, 3.05) is 0 Å². The van der Waals surface area contributed by atoms with Gasteiger partial charge < -0.3 is 10.2 Å². The number of carbonyl (C=O) groups is 1. The lowest BCUT2D eigenvalue weighted by Crippen LogP contribution is -2.22. The van der Waals surface area contributed by atoms with Crippen molar-refractivity contribution in [2.45, 2.75) is 20.3 Å². The molecule has 0 fully saturated rings. The second-order valence-corrected chi connectivity index (χ2v) is 6.13. The molecule has 0 saturated carbocycles. The third-order valence-corrected chi connectivity index (χ3v) is 4.27. The number of primary amides is 1. The van der Waals surface area contributed by atoms with E-state index >= 15 is 0 Å². The third kappa shape index (κ3) is 3.08. The zero-order valence-electron chi connectivity index (χ0n) is 13.7. The Bertz CT molecular complexity index is 972. The summed E-state index contributed by atoms with van der Waals surface area (Å²) in [4.78, 5) is 23.2. The Morgan fingerprint density at radius 1 is 1.12 bits per heavy atom. The summed E-state index contributed by atoms with van der Waals surface area (Å²) in [7, 11) is 0. The maximum Gasteiger partial charge on any atom is 0.336 e. The minimum atomic E-state index is -0.388. The number of fused-ring (bicyclic) bond motifs is 1. The summed E-state index contributed by atoms with van der Waals surface area (Å²) in [6, 6.07) is 15.1. The molecule has 0 radical (unpaired) electrons. The molecule has 24 heavy (non-hydrogen) atoms. The zero-order chi connectivity index (χ0) is 17.3. The Morgan fingerprint density at radius 3 is 2.58 bits per heavy atom. The van der Waals surface area contributed by atoms with Crippen molar-refractivity contribution in [3.8, 4) is 11.1 Å². The van der Waals surface area contributed by atoms with Gasteiger partial charge in [-0.2, -0.15) is 0 Å². The molecular weight excluding hydrogens is 302 g/mol. The van der Waals surface area contributed by atoms with Crippen molar-refractivity contribution in [1.29, 1.82) is 0 Å². The van der Waals surface area contributed by atoms with Crippen molar-refractivity contribution in [3.63, 3.8) is 0 Å². The molecule has 0 bridgehead atoms. The molecule has 1 unspecified atom stereocenters.